The molecule has 10 heteroatoms. The van der Waals surface area contributed by atoms with E-state index in [0.29, 0.717) is 45.1 Å². The molecule has 5 aliphatic rings. The van der Waals surface area contributed by atoms with Gasteiger partial charge in [-0.3, -0.25) is 4.79 Å². The van der Waals surface area contributed by atoms with Crippen molar-refractivity contribution in [1.29, 1.82) is 0 Å². The first-order valence-electron chi connectivity index (χ1n) is 13.9. The van der Waals surface area contributed by atoms with Gasteiger partial charge < -0.3 is 24.7 Å². The number of hydrogen-bond donors (Lipinski definition) is 1. The van der Waals surface area contributed by atoms with E-state index in [9.17, 15) is 19.8 Å². The van der Waals surface area contributed by atoms with Crippen LogP contribution in [0.2, 0.25) is 0 Å². The summed E-state index contributed by atoms with van der Waals surface area (Å²) in [5.41, 5.74) is 8.72. The topological polar surface area (TPSA) is 142 Å². The van der Waals surface area contributed by atoms with Crippen LogP contribution in [0, 0.1) is 12.8 Å². The van der Waals surface area contributed by atoms with Gasteiger partial charge in [0.2, 0.25) is 0 Å². The van der Waals surface area contributed by atoms with Gasteiger partial charge in [-0.15, -0.1) is 5.76 Å². The summed E-state index contributed by atoms with van der Waals surface area (Å²) in [4.78, 5) is 42.8. The van der Waals surface area contributed by atoms with Gasteiger partial charge in [-0.2, -0.15) is 0 Å². The maximum Gasteiger partial charge on any atom is 2.00 e. The van der Waals surface area contributed by atoms with Crippen LogP contribution < -0.4 is 20.9 Å². The van der Waals surface area contributed by atoms with E-state index in [1.807, 2.05) is 26.0 Å². The molecule has 9 nitrogen and oxygen atoms in total. The number of carboxylic acids is 1. The van der Waals surface area contributed by atoms with Crippen LogP contribution in [0.15, 0.2) is 114 Å². The van der Waals surface area contributed by atoms with Gasteiger partial charge >= 0.3 is 29.0 Å². The Bertz CT molecular complexity index is 2120. The average molecular weight is 609 g/mol. The number of aliphatic carboxylic acids is 1. The molecule has 1 aromatic rings. The first kappa shape index (κ1) is 31.6. The number of carbonyl (C=O) groups excluding carboxylic acids is 2. The number of ether oxygens (including phenoxy) is 1. The van der Waals surface area contributed by atoms with E-state index in [1.54, 1.807) is 32.1 Å². The number of aromatic nitrogens is 1. The van der Waals surface area contributed by atoms with E-state index in [0.717, 1.165) is 44.8 Å². The fourth-order valence-corrected chi connectivity index (χ4v) is 6.18. The Morgan fingerprint density at radius 1 is 0.933 bits per heavy atom. The van der Waals surface area contributed by atoms with E-state index in [1.165, 1.54) is 13.2 Å². The molecule has 0 spiro atoms. The van der Waals surface area contributed by atoms with Gasteiger partial charge in [0.25, 0.3) is 0 Å². The van der Waals surface area contributed by atoms with Crippen LogP contribution in [0.3, 0.4) is 0 Å². The van der Waals surface area contributed by atoms with Crippen molar-refractivity contribution in [1.82, 2.24) is 4.98 Å². The van der Waals surface area contributed by atoms with Crippen LogP contribution in [0.1, 0.15) is 31.9 Å². The van der Waals surface area contributed by atoms with Crippen molar-refractivity contribution in [2.75, 3.05) is 7.11 Å². The van der Waals surface area contributed by atoms with Crippen LogP contribution in [-0.4, -0.2) is 64.2 Å². The molecule has 1 N–H and O–H groups in total. The normalized spacial score (nSPS) is 20.2. The van der Waals surface area contributed by atoms with Crippen LogP contribution in [-0.2, 0) is 14.3 Å². The van der Waals surface area contributed by atoms with Gasteiger partial charge in [-0.1, -0.05) is 31.4 Å². The van der Waals surface area contributed by atoms with Crippen molar-refractivity contribution in [3.05, 3.63) is 121 Å². The SMILES string of the molecule is C=CC1=C(C)C2=NC1=CC1=C(C)C3=C([O-])[C@H](C(=O)OC)C(=C4N=C(C=c5[nH]c(c(C=C)c5C)=C2)C(C)=C4/C=C/C(=O)[O-])C3=N1.[Mg+2]. The fourth-order valence-electron chi connectivity index (χ4n) is 6.18. The van der Waals surface area contributed by atoms with E-state index in [-0.39, 0.29) is 34.3 Å². The predicted molar refractivity (Wildman–Crippen MR) is 172 cm³/mol. The number of fused-ring (bicyclic) bond motifs is 5. The van der Waals surface area contributed by atoms with Crippen LogP contribution >= 0.6 is 0 Å². The second-order valence-electron chi connectivity index (χ2n) is 10.9. The third-order valence-electron chi connectivity index (χ3n) is 8.55. The second kappa shape index (κ2) is 11.6. The molecule has 0 fully saturated rings. The molecule has 8 bridgehead atoms. The van der Waals surface area contributed by atoms with Crippen molar-refractivity contribution in [3.8, 4) is 0 Å². The molecule has 220 valence electrons. The molecular formula is C35H28MgN4O5. The number of nitrogens with one attached hydrogen (secondary N) is 1. The van der Waals surface area contributed by atoms with E-state index in [4.69, 9.17) is 19.7 Å². The Balaban J connectivity index is 0.00000400. The predicted octanol–water partition coefficient (Wildman–Crippen LogP) is 1.48. The summed E-state index contributed by atoms with van der Waals surface area (Å²) in [6, 6.07) is 0. The fraction of sp³-hybridized carbons (Fsp3) is 0.171. The minimum Gasteiger partial charge on any atom is -0.874 e. The van der Waals surface area contributed by atoms with Crippen molar-refractivity contribution < 1.29 is 24.5 Å². The molecule has 1 atom stereocenters. The number of nitrogens with zero attached hydrogens (tertiary/aromatic N) is 3. The number of aromatic amines is 1. The molecule has 0 radical (unpaired) electrons. The first-order chi connectivity index (χ1) is 21.0. The molecule has 0 amide bonds. The minimum absolute atomic E-state index is 0. The summed E-state index contributed by atoms with van der Waals surface area (Å²) in [7, 11) is 1.21. The molecule has 0 unspecified atom stereocenters. The zero-order chi connectivity index (χ0) is 31.6. The smallest absolute Gasteiger partial charge is 0.874 e. The largest absolute Gasteiger partial charge is 2.00 e. The average Bonchev–Trinajstić information content (AvgIpc) is 3.72. The number of esters is 1. The summed E-state index contributed by atoms with van der Waals surface area (Å²) in [5, 5.41) is 26.9. The van der Waals surface area contributed by atoms with Gasteiger partial charge in [-0.25, -0.2) is 15.0 Å². The summed E-state index contributed by atoms with van der Waals surface area (Å²) >= 11 is 0. The molecule has 1 aromatic heterocycles. The van der Waals surface area contributed by atoms with Gasteiger partial charge in [0.15, 0.2) is 0 Å². The van der Waals surface area contributed by atoms with E-state index < -0.39 is 23.6 Å². The summed E-state index contributed by atoms with van der Waals surface area (Å²) in [5.74, 6) is -3.94. The van der Waals surface area contributed by atoms with E-state index in [2.05, 4.69) is 18.1 Å². The van der Waals surface area contributed by atoms with Gasteiger partial charge in [0, 0.05) is 33.0 Å². The Morgan fingerprint density at radius 3 is 2.24 bits per heavy atom. The second-order valence-corrected chi connectivity index (χ2v) is 10.9. The third-order valence-corrected chi connectivity index (χ3v) is 8.55. The summed E-state index contributed by atoms with van der Waals surface area (Å²) in [6.07, 6.45) is 11.4. The molecule has 1 aliphatic carbocycles. The first-order valence-corrected chi connectivity index (χ1v) is 13.9. The summed E-state index contributed by atoms with van der Waals surface area (Å²) in [6.45, 7) is 15.5. The number of allylic oxidation sites excluding steroid dienone is 7. The molecule has 4 aliphatic heterocycles. The molecule has 5 heterocycles. The van der Waals surface area contributed by atoms with Crippen molar-refractivity contribution >= 4 is 70.4 Å². The minimum atomic E-state index is -1.40. The number of aliphatic imine (C=N–C) groups is 3. The number of methoxy groups -OCH3 is 1. The van der Waals surface area contributed by atoms with Gasteiger partial charge in [0.1, 0.15) is 0 Å². The van der Waals surface area contributed by atoms with Crippen molar-refractivity contribution in [3.63, 3.8) is 0 Å². The molecule has 0 saturated carbocycles. The van der Waals surface area contributed by atoms with Crippen molar-refractivity contribution in [2.24, 2.45) is 20.9 Å². The molecule has 0 saturated heterocycles. The zero-order valence-electron chi connectivity index (χ0n) is 25.6. The van der Waals surface area contributed by atoms with Crippen molar-refractivity contribution in [2.45, 2.75) is 27.7 Å². The van der Waals surface area contributed by atoms with Crippen LogP contribution in [0.4, 0.5) is 0 Å². The number of carbonyl (C=O) groups is 2. The zero-order valence-corrected chi connectivity index (χ0v) is 27.0. The van der Waals surface area contributed by atoms with E-state index >= 15 is 0 Å². The quantitative estimate of drug-likeness (QED) is 0.306. The van der Waals surface area contributed by atoms with Gasteiger partial charge in [0.05, 0.1) is 53.2 Å². The maximum atomic E-state index is 13.9. The molecule has 0 aromatic carbocycles. The third kappa shape index (κ3) is 4.81. The molecule has 6 rings (SSSR count). The number of rotatable bonds is 5. The standard InChI is InChI=1S/C35H30N4O5.Mg/c1-8-19-15(3)22-12-24-17(5)21(10-11-28(40)41)32(38-24)30-31(35(43)44-7)34(42)29-18(6)25(39-33(29)30)14-27-20(9-2)16(4)23(37-27)13-26(19)36-22;/h8-14,31,36,42H,1-2H2,3-7H3,(H,40,41);/q;+2/p-2/b11-10+,22-12?,26-13?,27-14?,32-30?;/t31-;/m1./s1. The Hall–Kier alpha value is -4.80. The Morgan fingerprint density at radius 2 is 1.60 bits per heavy atom. The van der Waals surface area contributed by atoms with Crippen LogP contribution in [0.5, 0.6) is 0 Å². The van der Waals surface area contributed by atoms with Crippen LogP contribution in [0.25, 0.3) is 18.2 Å². The molecule has 45 heavy (non-hydrogen) atoms. The van der Waals surface area contributed by atoms with Gasteiger partial charge in [-0.05, 0) is 79.9 Å². The Kier molecular flexibility index (Phi) is 8.15. The number of carboxylic acid groups (broad SMARTS) is 1. The molecular weight excluding hydrogens is 581 g/mol. The number of hydrogen-bond acceptors (Lipinski definition) is 8. The summed E-state index contributed by atoms with van der Waals surface area (Å²) < 4.78 is 5.06. The number of H-pyrrole nitrogens is 1. The Labute approximate surface area is 275 Å². The maximum absolute atomic E-state index is 13.9. The monoisotopic (exact) mass is 608 g/mol.